The monoisotopic (exact) mass is 798 g/mol. The van der Waals surface area contributed by atoms with Crippen molar-refractivity contribution in [1.29, 1.82) is 0 Å². The summed E-state index contributed by atoms with van der Waals surface area (Å²) < 4.78 is 26.9. The van der Waals surface area contributed by atoms with E-state index in [4.69, 9.17) is 23.7 Å². The van der Waals surface area contributed by atoms with Gasteiger partial charge in [-0.05, 0) is 60.2 Å². The number of aromatic hydroxyl groups is 11. The second-order valence-electron chi connectivity index (χ2n) is 12.0. The van der Waals surface area contributed by atoms with Crippen molar-refractivity contribution in [2.24, 2.45) is 0 Å². The topological polar surface area (TPSA) is 357 Å². The second-order valence-corrected chi connectivity index (χ2v) is 12.0. The van der Waals surface area contributed by atoms with E-state index in [0.717, 1.165) is 24.3 Å². The van der Waals surface area contributed by atoms with Gasteiger partial charge in [-0.3, -0.25) is 0 Å². The summed E-state index contributed by atoms with van der Waals surface area (Å²) in [6, 6.07) is 7.40. The fraction of sp³-hybridized carbons (Fsp3) is 0.167. The summed E-state index contributed by atoms with van der Waals surface area (Å²) in [5.41, 5.74) is -1.73. The molecule has 21 heteroatoms. The first-order valence-corrected chi connectivity index (χ1v) is 15.9. The molecule has 12 N–H and O–H groups in total. The molecule has 0 unspecified atom stereocenters. The minimum atomic E-state index is -2.37. The van der Waals surface area contributed by atoms with Gasteiger partial charge >= 0.3 is 23.9 Å². The van der Waals surface area contributed by atoms with Crippen molar-refractivity contribution in [2.45, 2.75) is 30.7 Å². The highest BCUT2D eigenvalue weighted by Crippen LogP contribution is 2.39. The van der Waals surface area contributed by atoms with Crippen LogP contribution >= 0.6 is 0 Å². The third kappa shape index (κ3) is 8.96. The van der Waals surface area contributed by atoms with Crippen LogP contribution in [-0.2, 0) is 28.5 Å². The minimum Gasteiger partial charge on any atom is -0.504 e. The average molecular weight is 799 g/mol. The molecular weight excluding hydrogens is 768 g/mol. The number of benzene rings is 4. The molecule has 5 atom stereocenters. The second kappa shape index (κ2) is 16.3. The lowest BCUT2D eigenvalue weighted by atomic mass is 9.98. The molecular formula is C36H30O21. The Bertz CT molecular complexity index is 2200. The molecule has 0 saturated carbocycles. The number of carbonyl (C=O) groups is 4. The van der Waals surface area contributed by atoms with Gasteiger partial charge in [0.05, 0.1) is 16.7 Å². The van der Waals surface area contributed by atoms with E-state index in [1.165, 1.54) is 6.07 Å². The molecule has 0 radical (unpaired) electrons. The summed E-state index contributed by atoms with van der Waals surface area (Å²) in [7, 11) is 0. The predicted octanol–water partition coefficient (Wildman–Crippen LogP) is 1.40. The zero-order chi connectivity index (χ0) is 41.9. The molecule has 1 aliphatic heterocycles. The lowest BCUT2D eigenvalue weighted by Crippen LogP contribution is -2.62. The van der Waals surface area contributed by atoms with E-state index >= 15 is 0 Å². The van der Waals surface area contributed by atoms with Gasteiger partial charge in [-0.25, -0.2) is 19.2 Å². The Morgan fingerprint density at radius 1 is 0.544 bits per heavy atom. The van der Waals surface area contributed by atoms with Crippen LogP contribution < -0.4 is 0 Å². The Morgan fingerprint density at radius 2 is 0.965 bits per heavy atom. The highest BCUT2D eigenvalue weighted by Gasteiger charge is 2.52. The van der Waals surface area contributed by atoms with Crippen LogP contribution in [0.3, 0.4) is 0 Å². The largest absolute Gasteiger partial charge is 0.504 e. The van der Waals surface area contributed by atoms with Gasteiger partial charge in [-0.15, -0.1) is 0 Å². The summed E-state index contributed by atoms with van der Waals surface area (Å²) in [6.07, 6.45) is -8.87. The smallest absolute Gasteiger partial charge is 0.340 e. The molecule has 0 aromatic heterocycles. The fourth-order valence-electron chi connectivity index (χ4n) is 5.15. The van der Waals surface area contributed by atoms with E-state index in [0.29, 0.717) is 36.4 Å². The van der Waals surface area contributed by atoms with Crippen molar-refractivity contribution in [3.8, 4) is 63.2 Å². The normalized spacial score (nSPS) is 19.1. The number of carbonyl (C=O) groups excluding carboxylic acids is 4. The molecule has 1 saturated heterocycles. The molecule has 4 aromatic rings. The molecule has 0 bridgehead atoms. The maximum atomic E-state index is 13.4. The Hall–Kier alpha value is -7.78. The van der Waals surface area contributed by atoms with E-state index in [-0.39, 0.29) is 5.56 Å². The molecule has 0 aliphatic carbocycles. The molecule has 0 spiro atoms. The third-order valence-corrected chi connectivity index (χ3v) is 8.04. The van der Waals surface area contributed by atoms with Crippen LogP contribution in [0.2, 0.25) is 0 Å². The Balaban J connectivity index is 1.52. The number of ether oxygens (including phenoxy) is 5. The molecule has 1 aliphatic rings. The van der Waals surface area contributed by atoms with Crippen LogP contribution in [0.4, 0.5) is 0 Å². The zero-order valence-corrected chi connectivity index (χ0v) is 28.5. The molecule has 1 fully saturated rings. The molecule has 57 heavy (non-hydrogen) atoms. The summed E-state index contributed by atoms with van der Waals surface area (Å²) in [4.78, 5) is 52.7. The molecule has 21 nitrogen and oxygen atoms in total. The van der Waals surface area contributed by atoms with Gasteiger partial charge in [0.15, 0.2) is 81.6 Å². The lowest BCUT2D eigenvalue weighted by molar-refractivity contribution is -0.284. The molecule has 1 heterocycles. The summed E-state index contributed by atoms with van der Waals surface area (Å²) >= 11 is 0. The van der Waals surface area contributed by atoms with Crippen molar-refractivity contribution in [3.05, 3.63) is 82.9 Å². The maximum absolute atomic E-state index is 13.4. The van der Waals surface area contributed by atoms with Gasteiger partial charge in [-0.1, -0.05) is 6.07 Å². The highest BCUT2D eigenvalue weighted by atomic mass is 16.7. The van der Waals surface area contributed by atoms with Gasteiger partial charge in [-0.2, -0.15) is 0 Å². The number of rotatable bonds is 10. The van der Waals surface area contributed by atoms with Crippen LogP contribution in [0.1, 0.15) is 36.6 Å². The minimum absolute atomic E-state index is 0.211. The standard InChI is InChI=1S/C36H30O21/c37-17-3-1-13(5-18(17)38)2-4-26(45)53-12-25-31(55-33(50)14-6-19(39)27(46)20(40)7-14)32(56-34(51)15-8-21(41)28(47)22(42)9-15)30(49)36(54-25)57-35(52)16-10-23(43)29(48)24(44)11-16/h1-11,25,30-32,36-44,46-49H,12H2/b4-2-/t25-,30-,31-,32-,36+/m1/s1. The first-order chi connectivity index (χ1) is 26.8. The average Bonchev–Trinajstić information content (AvgIpc) is 3.16. The van der Waals surface area contributed by atoms with Crippen molar-refractivity contribution in [1.82, 2.24) is 0 Å². The van der Waals surface area contributed by atoms with Crippen LogP contribution in [0.5, 0.6) is 63.2 Å². The molecule has 300 valence electrons. The van der Waals surface area contributed by atoms with Crippen LogP contribution in [0.25, 0.3) is 6.08 Å². The maximum Gasteiger partial charge on any atom is 0.340 e. The van der Waals surface area contributed by atoms with Gasteiger partial charge in [0.2, 0.25) is 6.29 Å². The Kier molecular flexibility index (Phi) is 11.6. The van der Waals surface area contributed by atoms with Gasteiger partial charge in [0, 0.05) is 6.08 Å². The van der Waals surface area contributed by atoms with Gasteiger partial charge < -0.3 is 85.0 Å². The van der Waals surface area contributed by atoms with E-state index in [9.17, 15) is 80.5 Å². The molecule has 0 amide bonds. The number of aliphatic hydroxyl groups is 1. The Labute approximate surface area is 317 Å². The van der Waals surface area contributed by atoms with Crippen LogP contribution in [-0.4, -0.2) is 122 Å². The van der Waals surface area contributed by atoms with Gasteiger partial charge in [0.1, 0.15) is 12.7 Å². The van der Waals surface area contributed by atoms with E-state index in [1.807, 2.05) is 0 Å². The van der Waals surface area contributed by atoms with Gasteiger partial charge in [0.25, 0.3) is 0 Å². The lowest BCUT2D eigenvalue weighted by Gasteiger charge is -2.42. The van der Waals surface area contributed by atoms with E-state index in [1.54, 1.807) is 0 Å². The highest BCUT2D eigenvalue weighted by molar-refractivity contribution is 5.93. The summed E-state index contributed by atoms with van der Waals surface area (Å²) in [5, 5.41) is 119. The number of esters is 4. The quantitative estimate of drug-likeness (QED) is 0.0467. The van der Waals surface area contributed by atoms with Crippen LogP contribution in [0, 0.1) is 0 Å². The summed E-state index contributed by atoms with van der Waals surface area (Å²) in [6.45, 7) is -0.982. The molecule has 5 rings (SSSR count). The number of phenolic OH excluding ortho intramolecular Hbond substituents is 11. The van der Waals surface area contributed by atoms with Crippen molar-refractivity contribution >= 4 is 30.0 Å². The van der Waals surface area contributed by atoms with Crippen molar-refractivity contribution in [3.63, 3.8) is 0 Å². The number of phenols is 11. The first-order valence-electron chi connectivity index (χ1n) is 15.9. The number of hydrogen-bond donors (Lipinski definition) is 12. The van der Waals surface area contributed by atoms with Crippen molar-refractivity contribution < 1.29 is 104 Å². The first kappa shape index (κ1) is 40.4. The third-order valence-electron chi connectivity index (χ3n) is 8.04. The number of aliphatic hydroxyl groups excluding tert-OH is 1. The van der Waals surface area contributed by atoms with Crippen LogP contribution in [0.15, 0.2) is 60.7 Å². The number of hydrogen-bond acceptors (Lipinski definition) is 21. The molecule has 4 aromatic carbocycles. The predicted molar refractivity (Wildman–Crippen MR) is 183 cm³/mol. The SMILES string of the molecule is O=C(/C=C\c1ccc(O)c(O)c1)OC[C@H]1O[C@@H](OC(=O)c2cc(O)c(O)c(O)c2)[C@H](O)[C@@H](OC(=O)c2cc(O)c(O)c(O)c2)[C@@H]1OC(=O)c1cc(O)c(O)c(O)c1. The Morgan fingerprint density at radius 3 is 1.40 bits per heavy atom. The zero-order valence-electron chi connectivity index (χ0n) is 28.5. The van der Waals surface area contributed by atoms with Crippen molar-refractivity contribution in [2.75, 3.05) is 6.61 Å². The summed E-state index contributed by atoms with van der Waals surface area (Å²) in [5.74, 6) is -15.5. The van der Waals surface area contributed by atoms with E-state index in [2.05, 4.69) is 0 Å². The fourth-order valence-corrected chi connectivity index (χ4v) is 5.15. The van der Waals surface area contributed by atoms with E-state index < -0.39 is 141 Å².